The SMILES string of the molecule is Cc1cccc(C)c1Nc1ccnc(N)n1. The van der Waals surface area contributed by atoms with E-state index >= 15 is 0 Å². The Morgan fingerprint density at radius 1 is 1.12 bits per heavy atom. The van der Waals surface area contributed by atoms with Gasteiger partial charge in [0.1, 0.15) is 5.82 Å². The first-order chi connectivity index (χ1) is 7.66. The third-order valence-electron chi connectivity index (χ3n) is 2.41. The number of benzene rings is 1. The number of aryl methyl sites for hydroxylation is 2. The summed E-state index contributed by atoms with van der Waals surface area (Å²) in [5, 5.41) is 3.25. The largest absolute Gasteiger partial charge is 0.368 e. The van der Waals surface area contributed by atoms with E-state index in [4.69, 9.17) is 5.73 Å². The van der Waals surface area contributed by atoms with Gasteiger partial charge in [-0.15, -0.1) is 0 Å². The van der Waals surface area contributed by atoms with Gasteiger partial charge in [0.05, 0.1) is 0 Å². The fourth-order valence-electron chi connectivity index (χ4n) is 1.58. The van der Waals surface area contributed by atoms with Crippen LogP contribution in [0.2, 0.25) is 0 Å². The Hall–Kier alpha value is -2.10. The number of para-hydroxylation sites is 1. The minimum atomic E-state index is 0.274. The number of rotatable bonds is 2. The van der Waals surface area contributed by atoms with Gasteiger partial charge < -0.3 is 11.1 Å². The van der Waals surface area contributed by atoms with Crippen molar-refractivity contribution in [1.29, 1.82) is 0 Å². The maximum absolute atomic E-state index is 5.53. The Morgan fingerprint density at radius 3 is 2.44 bits per heavy atom. The molecule has 0 atom stereocenters. The van der Waals surface area contributed by atoms with E-state index in [0.29, 0.717) is 5.82 Å². The number of nitrogens with one attached hydrogen (secondary N) is 1. The molecule has 2 rings (SSSR count). The molecular weight excluding hydrogens is 200 g/mol. The lowest BCUT2D eigenvalue weighted by Gasteiger charge is -2.11. The molecule has 0 saturated carbocycles. The summed E-state index contributed by atoms with van der Waals surface area (Å²) in [6, 6.07) is 7.94. The van der Waals surface area contributed by atoms with E-state index in [2.05, 4.69) is 41.3 Å². The van der Waals surface area contributed by atoms with E-state index < -0.39 is 0 Å². The molecule has 82 valence electrons. The van der Waals surface area contributed by atoms with Crippen LogP contribution in [0.1, 0.15) is 11.1 Å². The Balaban J connectivity index is 2.34. The molecule has 0 bridgehead atoms. The zero-order chi connectivity index (χ0) is 11.5. The van der Waals surface area contributed by atoms with Gasteiger partial charge in [0.2, 0.25) is 5.95 Å². The van der Waals surface area contributed by atoms with Gasteiger partial charge in [-0.25, -0.2) is 4.98 Å². The van der Waals surface area contributed by atoms with E-state index in [9.17, 15) is 0 Å². The fraction of sp³-hybridized carbons (Fsp3) is 0.167. The highest BCUT2D eigenvalue weighted by Crippen LogP contribution is 2.22. The summed E-state index contributed by atoms with van der Waals surface area (Å²) < 4.78 is 0. The van der Waals surface area contributed by atoms with Crippen LogP contribution < -0.4 is 11.1 Å². The van der Waals surface area contributed by atoms with E-state index in [0.717, 1.165) is 5.69 Å². The van der Waals surface area contributed by atoms with Crippen LogP contribution in [0.15, 0.2) is 30.5 Å². The van der Waals surface area contributed by atoms with Crippen molar-refractivity contribution < 1.29 is 0 Å². The highest BCUT2D eigenvalue weighted by molar-refractivity contribution is 5.64. The summed E-state index contributed by atoms with van der Waals surface area (Å²) >= 11 is 0. The van der Waals surface area contributed by atoms with Gasteiger partial charge in [0.15, 0.2) is 0 Å². The summed E-state index contributed by atoms with van der Waals surface area (Å²) in [5.41, 5.74) is 8.95. The second kappa shape index (κ2) is 4.18. The lowest BCUT2D eigenvalue weighted by molar-refractivity contribution is 1.18. The molecule has 16 heavy (non-hydrogen) atoms. The number of nitrogens with zero attached hydrogens (tertiary/aromatic N) is 2. The maximum atomic E-state index is 5.53. The quantitative estimate of drug-likeness (QED) is 0.805. The van der Waals surface area contributed by atoms with Gasteiger partial charge in [-0.05, 0) is 31.0 Å². The number of nitrogens with two attached hydrogens (primary N) is 1. The topological polar surface area (TPSA) is 63.8 Å². The molecule has 3 N–H and O–H groups in total. The van der Waals surface area contributed by atoms with Crippen molar-refractivity contribution >= 4 is 17.5 Å². The number of hydrogen-bond acceptors (Lipinski definition) is 4. The fourth-order valence-corrected chi connectivity index (χ4v) is 1.58. The van der Waals surface area contributed by atoms with Crippen LogP contribution in [0.5, 0.6) is 0 Å². The molecule has 4 heteroatoms. The normalized spacial score (nSPS) is 10.1. The Kier molecular flexibility index (Phi) is 2.72. The van der Waals surface area contributed by atoms with E-state index in [1.165, 1.54) is 11.1 Å². The molecule has 0 amide bonds. The summed E-state index contributed by atoms with van der Waals surface area (Å²) in [6.45, 7) is 4.11. The molecule has 0 saturated heterocycles. The van der Waals surface area contributed by atoms with Crippen molar-refractivity contribution in [3.05, 3.63) is 41.6 Å². The maximum Gasteiger partial charge on any atom is 0.221 e. The zero-order valence-electron chi connectivity index (χ0n) is 9.36. The van der Waals surface area contributed by atoms with Gasteiger partial charge >= 0.3 is 0 Å². The Morgan fingerprint density at radius 2 is 1.81 bits per heavy atom. The van der Waals surface area contributed by atoms with Crippen LogP contribution in [-0.4, -0.2) is 9.97 Å². The molecule has 0 fully saturated rings. The highest BCUT2D eigenvalue weighted by atomic mass is 15.1. The molecule has 0 aliphatic heterocycles. The molecule has 1 aromatic carbocycles. The molecule has 0 spiro atoms. The lowest BCUT2D eigenvalue weighted by Crippen LogP contribution is -2.01. The molecular formula is C12H14N4. The Bertz CT molecular complexity index is 488. The van der Waals surface area contributed by atoms with Crippen LogP contribution in [0, 0.1) is 13.8 Å². The van der Waals surface area contributed by atoms with Gasteiger partial charge in [-0.3, -0.25) is 0 Å². The van der Waals surface area contributed by atoms with Crippen LogP contribution in [0.4, 0.5) is 17.5 Å². The van der Waals surface area contributed by atoms with Crippen LogP contribution >= 0.6 is 0 Å². The molecule has 2 aromatic rings. The van der Waals surface area contributed by atoms with Gasteiger partial charge in [0.25, 0.3) is 0 Å². The highest BCUT2D eigenvalue weighted by Gasteiger charge is 2.03. The first-order valence-corrected chi connectivity index (χ1v) is 5.08. The molecule has 0 radical (unpaired) electrons. The minimum absolute atomic E-state index is 0.274. The molecule has 4 nitrogen and oxygen atoms in total. The molecule has 0 aliphatic rings. The first kappa shape index (κ1) is 10.4. The second-order valence-electron chi connectivity index (χ2n) is 3.69. The second-order valence-corrected chi connectivity index (χ2v) is 3.69. The third-order valence-corrected chi connectivity index (χ3v) is 2.41. The van der Waals surface area contributed by atoms with Gasteiger partial charge in [0, 0.05) is 11.9 Å². The monoisotopic (exact) mass is 214 g/mol. The van der Waals surface area contributed by atoms with Gasteiger partial charge in [-0.2, -0.15) is 4.98 Å². The average Bonchev–Trinajstić information content (AvgIpc) is 2.24. The van der Waals surface area contributed by atoms with Crippen molar-refractivity contribution in [2.75, 3.05) is 11.1 Å². The third kappa shape index (κ3) is 2.11. The van der Waals surface area contributed by atoms with Crippen LogP contribution in [0.3, 0.4) is 0 Å². The smallest absolute Gasteiger partial charge is 0.221 e. The number of aromatic nitrogens is 2. The van der Waals surface area contributed by atoms with Crippen LogP contribution in [0.25, 0.3) is 0 Å². The summed E-state index contributed by atoms with van der Waals surface area (Å²) in [7, 11) is 0. The first-order valence-electron chi connectivity index (χ1n) is 5.08. The molecule has 0 unspecified atom stereocenters. The molecule has 1 heterocycles. The Labute approximate surface area is 94.5 Å². The number of nitrogen functional groups attached to an aromatic ring is 1. The van der Waals surface area contributed by atoms with E-state index in [1.54, 1.807) is 12.3 Å². The van der Waals surface area contributed by atoms with Crippen molar-refractivity contribution in [1.82, 2.24) is 9.97 Å². The van der Waals surface area contributed by atoms with Gasteiger partial charge in [-0.1, -0.05) is 18.2 Å². The average molecular weight is 214 g/mol. The van der Waals surface area contributed by atoms with Crippen molar-refractivity contribution in [3.8, 4) is 0 Å². The van der Waals surface area contributed by atoms with E-state index in [1.807, 2.05) is 6.07 Å². The van der Waals surface area contributed by atoms with Crippen molar-refractivity contribution in [2.24, 2.45) is 0 Å². The summed E-state index contributed by atoms with van der Waals surface area (Å²) in [5.74, 6) is 0.987. The number of anilines is 3. The minimum Gasteiger partial charge on any atom is -0.368 e. The lowest BCUT2D eigenvalue weighted by atomic mass is 10.1. The van der Waals surface area contributed by atoms with Crippen molar-refractivity contribution in [3.63, 3.8) is 0 Å². The van der Waals surface area contributed by atoms with E-state index in [-0.39, 0.29) is 5.95 Å². The summed E-state index contributed by atoms with van der Waals surface area (Å²) in [4.78, 5) is 7.96. The zero-order valence-corrected chi connectivity index (χ0v) is 9.36. The standard InChI is InChI=1S/C12H14N4/c1-8-4-3-5-9(2)11(8)15-10-6-7-14-12(13)16-10/h3-7H,1-2H3,(H3,13,14,15,16). The predicted molar refractivity (Wildman–Crippen MR) is 65.6 cm³/mol. The number of hydrogen-bond donors (Lipinski definition) is 2. The summed E-state index contributed by atoms with van der Waals surface area (Å²) in [6.07, 6.45) is 1.64. The van der Waals surface area contributed by atoms with Crippen molar-refractivity contribution in [2.45, 2.75) is 13.8 Å². The van der Waals surface area contributed by atoms with Crippen LogP contribution in [-0.2, 0) is 0 Å². The predicted octanol–water partition coefficient (Wildman–Crippen LogP) is 2.42. The molecule has 0 aliphatic carbocycles. The molecule has 1 aromatic heterocycles.